The van der Waals surface area contributed by atoms with Crippen molar-refractivity contribution in [2.24, 2.45) is 0 Å². The van der Waals surface area contributed by atoms with E-state index in [0.29, 0.717) is 17.0 Å². The van der Waals surface area contributed by atoms with Crippen molar-refractivity contribution in [2.75, 3.05) is 17.7 Å². The largest absolute Gasteiger partial charge is 0.369 e. The molecule has 2 aromatic carbocycles. The van der Waals surface area contributed by atoms with E-state index in [1.54, 1.807) is 22.7 Å². The first kappa shape index (κ1) is 16.7. The molecule has 1 amide bonds. The molecule has 7 nitrogen and oxygen atoms in total. The van der Waals surface area contributed by atoms with Gasteiger partial charge in [0.15, 0.2) is 11.5 Å². The summed E-state index contributed by atoms with van der Waals surface area (Å²) in [6.45, 7) is 0.0406. The average molecular weight is 358 g/mol. The average Bonchev–Trinajstić information content (AvgIpc) is 3.03. The molecule has 2 N–H and O–H groups in total. The van der Waals surface area contributed by atoms with Crippen molar-refractivity contribution in [1.29, 1.82) is 0 Å². The zero-order chi connectivity index (χ0) is 18.8. The number of rotatable bonds is 4. The summed E-state index contributed by atoms with van der Waals surface area (Å²) < 4.78 is 1.62. The highest BCUT2D eigenvalue weighted by atomic mass is 16.2. The molecular weight excluding hydrogens is 340 g/mol. The lowest BCUT2D eigenvalue weighted by Crippen LogP contribution is -2.30. The van der Waals surface area contributed by atoms with Gasteiger partial charge in [-0.25, -0.2) is 15.0 Å². The van der Waals surface area contributed by atoms with Crippen LogP contribution in [0.5, 0.6) is 0 Å². The van der Waals surface area contributed by atoms with Crippen LogP contribution in [-0.2, 0) is 11.3 Å². The van der Waals surface area contributed by atoms with Gasteiger partial charge in [0, 0.05) is 18.3 Å². The van der Waals surface area contributed by atoms with Crippen LogP contribution >= 0.6 is 0 Å². The van der Waals surface area contributed by atoms with Gasteiger partial charge in [-0.3, -0.25) is 9.36 Å². The van der Waals surface area contributed by atoms with Crippen LogP contribution in [0.4, 0.5) is 11.6 Å². The van der Waals surface area contributed by atoms with Crippen molar-refractivity contribution in [3.05, 3.63) is 66.9 Å². The molecule has 0 aliphatic rings. The van der Waals surface area contributed by atoms with Gasteiger partial charge < -0.3 is 10.6 Å². The Labute approximate surface area is 156 Å². The fourth-order valence-corrected chi connectivity index (χ4v) is 2.86. The molecule has 0 saturated heterocycles. The number of imidazole rings is 1. The number of aromatic nitrogens is 4. The lowest BCUT2D eigenvalue weighted by Gasteiger charge is -2.18. The molecule has 0 spiro atoms. The number of hydrogen-bond donors (Lipinski definition) is 1. The molecular formula is C20H18N6O. The van der Waals surface area contributed by atoms with Crippen molar-refractivity contribution in [1.82, 2.24) is 19.5 Å². The quantitative estimate of drug-likeness (QED) is 0.606. The highest BCUT2D eigenvalue weighted by molar-refractivity contribution is 5.93. The summed E-state index contributed by atoms with van der Waals surface area (Å²) in [5.41, 5.74) is 8.84. The lowest BCUT2D eigenvalue weighted by molar-refractivity contribution is -0.118. The fourth-order valence-electron chi connectivity index (χ4n) is 2.86. The van der Waals surface area contributed by atoms with Gasteiger partial charge in [-0.1, -0.05) is 48.5 Å². The second-order valence-corrected chi connectivity index (χ2v) is 6.11. The molecule has 4 rings (SSSR count). The van der Waals surface area contributed by atoms with Crippen LogP contribution in [0.2, 0.25) is 0 Å². The summed E-state index contributed by atoms with van der Waals surface area (Å²) in [6.07, 6.45) is 1.63. The SMILES string of the molecule is CN(C(=O)Cn1c(N)nc2cnc(-c3ccccc3)nc21)c1ccccc1. The Hall–Kier alpha value is -3.74. The van der Waals surface area contributed by atoms with Gasteiger partial charge in [-0.15, -0.1) is 0 Å². The Morgan fingerprint density at radius 3 is 2.41 bits per heavy atom. The number of para-hydroxylation sites is 1. The minimum absolute atomic E-state index is 0.0406. The van der Waals surface area contributed by atoms with E-state index in [4.69, 9.17) is 5.73 Å². The minimum Gasteiger partial charge on any atom is -0.369 e. The molecule has 2 heterocycles. The summed E-state index contributed by atoms with van der Waals surface area (Å²) in [7, 11) is 1.73. The van der Waals surface area contributed by atoms with Crippen molar-refractivity contribution < 1.29 is 4.79 Å². The number of benzene rings is 2. The Morgan fingerprint density at radius 2 is 1.70 bits per heavy atom. The second kappa shape index (κ2) is 6.87. The Bertz CT molecular complexity index is 1090. The maximum absolute atomic E-state index is 12.7. The van der Waals surface area contributed by atoms with Crippen molar-refractivity contribution in [3.63, 3.8) is 0 Å². The first-order valence-electron chi connectivity index (χ1n) is 8.49. The van der Waals surface area contributed by atoms with Gasteiger partial charge in [0.2, 0.25) is 11.9 Å². The molecule has 0 bridgehead atoms. The predicted octanol–water partition coefficient (Wildman–Crippen LogP) is 2.74. The molecule has 7 heteroatoms. The van der Waals surface area contributed by atoms with E-state index in [-0.39, 0.29) is 18.4 Å². The highest BCUT2D eigenvalue weighted by Crippen LogP contribution is 2.21. The van der Waals surface area contributed by atoms with E-state index in [1.165, 1.54) is 0 Å². The van der Waals surface area contributed by atoms with Gasteiger partial charge in [-0.2, -0.15) is 0 Å². The van der Waals surface area contributed by atoms with Crippen LogP contribution in [0.3, 0.4) is 0 Å². The lowest BCUT2D eigenvalue weighted by atomic mass is 10.2. The van der Waals surface area contributed by atoms with Gasteiger partial charge in [0.25, 0.3) is 0 Å². The smallest absolute Gasteiger partial charge is 0.246 e. The van der Waals surface area contributed by atoms with E-state index in [2.05, 4.69) is 15.0 Å². The molecule has 0 fully saturated rings. The van der Waals surface area contributed by atoms with Crippen LogP contribution < -0.4 is 10.6 Å². The Morgan fingerprint density at radius 1 is 1.04 bits per heavy atom. The number of anilines is 2. The summed E-state index contributed by atoms with van der Waals surface area (Å²) in [5.74, 6) is 0.680. The van der Waals surface area contributed by atoms with Crippen molar-refractivity contribution >= 4 is 28.7 Å². The Kier molecular flexibility index (Phi) is 4.25. The van der Waals surface area contributed by atoms with E-state index in [1.807, 2.05) is 60.7 Å². The topological polar surface area (TPSA) is 89.9 Å². The predicted molar refractivity (Wildman–Crippen MR) is 105 cm³/mol. The highest BCUT2D eigenvalue weighted by Gasteiger charge is 2.17. The molecule has 0 aliphatic heterocycles. The number of fused-ring (bicyclic) bond motifs is 1. The third-order valence-electron chi connectivity index (χ3n) is 4.36. The van der Waals surface area contributed by atoms with Crippen LogP contribution in [0.1, 0.15) is 0 Å². The second-order valence-electron chi connectivity index (χ2n) is 6.11. The fraction of sp³-hybridized carbons (Fsp3) is 0.100. The minimum atomic E-state index is -0.118. The molecule has 0 saturated carbocycles. The zero-order valence-electron chi connectivity index (χ0n) is 14.8. The molecule has 2 aromatic heterocycles. The number of carbonyl (C=O) groups is 1. The molecule has 0 unspecified atom stereocenters. The maximum atomic E-state index is 12.7. The van der Waals surface area contributed by atoms with E-state index >= 15 is 0 Å². The number of hydrogen-bond acceptors (Lipinski definition) is 5. The summed E-state index contributed by atoms with van der Waals surface area (Å²) >= 11 is 0. The van der Waals surface area contributed by atoms with E-state index in [0.717, 1.165) is 11.3 Å². The standard InChI is InChI=1S/C20H18N6O/c1-25(15-10-6-3-7-11-15)17(27)13-26-19-16(23-20(26)21)12-22-18(24-19)14-8-4-2-5-9-14/h2-12H,13H2,1H3,(H2,21,23). The number of carbonyl (C=O) groups excluding carboxylic acids is 1. The maximum Gasteiger partial charge on any atom is 0.246 e. The third-order valence-corrected chi connectivity index (χ3v) is 4.36. The van der Waals surface area contributed by atoms with Gasteiger partial charge in [0.05, 0.1) is 6.20 Å². The van der Waals surface area contributed by atoms with E-state index < -0.39 is 0 Å². The molecule has 134 valence electrons. The molecule has 0 atom stereocenters. The van der Waals surface area contributed by atoms with Crippen LogP contribution in [0, 0.1) is 0 Å². The summed E-state index contributed by atoms with van der Waals surface area (Å²) in [4.78, 5) is 27.6. The normalized spacial score (nSPS) is 10.9. The number of nitrogens with two attached hydrogens (primary N) is 1. The summed E-state index contributed by atoms with van der Waals surface area (Å²) in [5, 5.41) is 0. The van der Waals surface area contributed by atoms with Gasteiger partial charge in [0.1, 0.15) is 12.1 Å². The molecule has 0 aliphatic carbocycles. The number of likely N-dealkylation sites (N-methyl/N-ethyl adjacent to an activating group) is 1. The number of nitrogen functional groups attached to an aromatic ring is 1. The third kappa shape index (κ3) is 3.22. The molecule has 0 radical (unpaired) electrons. The van der Waals surface area contributed by atoms with Crippen LogP contribution in [0.15, 0.2) is 66.9 Å². The Balaban J connectivity index is 1.69. The first-order chi connectivity index (χ1) is 13.1. The number of nitrogens with zero attached hydrogens (tertiary/aromatic N) is 5. The first-order valence-corrected chi connectivity index (χ1v) is 8.49. The van der Waals surface area contributed by atoms with Gasteiger partial charge >= 0.3 is 0 Å². The zero-order valence-corrected chi connectivity index (χ0v) is 14.8. The molecule has 4 aromatic rings. The molecule has 27 heavy (non-hydrogen) atoms. The van der Waals surface area contributed by atoms with Crippen LogP contribution in [0.25, 0.3) is 22.6 Å². The number of amides is 1. The van der Waals surface area contributed by atoms with Crippen molar-refractivity contribution in [3.8, 4) is 11.4 Å². The van der Waals surface area contributed by atoms with E-state index in [9.17, 15) is 4.79 Å². The van der Waals surface area contributed by atoms with Crippen LogP contribution in [-0.4, -0.2) is 32.5 Å². The van der Waals surface area contributed by atoms with Crippen molar-refractivity contribution in [2.45, 2.75) is 6.54 Å². The van der Waals surface area contributed by atoms with Gasteiger partial charge in [-0.05, 0) is 12.1 Å². The summed E-state index contributed by atoms with van der Waals surface area (Å²) in [6, 6.07) is 19.1. The monoisotopic (exact) mass is 358 g/mol.